The van der Waals surface area contributed by atoms with Gasteiger partial charge in [0.2, 0.25) is 0 Å². The molecule has 0 aromatic carbocycles. The summed E-state index contributed by atoms with van der Waals surface area (Å²) in [5.41, 5.74) is 3.74. The highest BCUT2D eigenvalue weighted by Crippen LogP contribution is 2.17. The third-order valence-electron chi connectivity index (χ3n) is 2.32. The molecule has 0 bridgehead atoms. The predicted octanol–water partition coefficient (Wildman–Crippen LogP) is 2.05. The van der Waals surface area contributed by atoms with Crippen LogP contribution in [0, 0.1) is 13.8 Å². The van der Waals surface area contributed by atoms with Gasteiger partial charge in [-0.2, -0.15) is 0 Å². The summed E-state index contributed by atoms with van der Waals surface area (Å²) in [5, 5.41) is 0. The van der Waals surface area contributed by atoms with Gasteiger partial charge in [0.1, 0.15) is 0 Å². The minimum absolute atomic E-state index is 0.0375. The molecule has 0 unspecified atom stereocenters. The van der Waals surface area contributed by atoms with E-state index in [4.69, 9.17) is 0 Å². The standard InChI is InChI=1S/C12H12N2O/c1-8-5-11(7-14-12(8)15)10-3-4-13-9(2)6-10/h3-7H,1-2H3,(H,14,15). The summed E-state index contributed by atoms with van der Waals surface area (Å²) in [4.78, 5) is 18.0. The van der Waals surface area contributed by atoms with Crippen molar-refractivity contribution in [3.05, 3.63) is 52.2 Å². The van der Waals surface area contributed by atoms with Crippen LogP contribution in [0.4, 0.5) is 0 Å². The topological polar surface area (TPSA) is 45.8 Å². The maximum atomic E-state index is 11.2. The Bertz CT molecular complexity index is 543. The average Bonchev–Trinajstić information content (AvgIpc) is 2.22. The van der Waals surface area contributed by atoms with Gasteiger partial charge >= 0.3 is 0 Å². The van der Waals surface area contributed by atoms with Crippen molar-refractivity contribution in [2.45, 2.75) is 13.8 Å². The molecule has 0 fully saturated rings. The van der Waals surface area contributed by atoms with Gasteiger partial charge in [-0.25, -0.2) is 0 Å². The molecule has 3 heteroatoms. The van der Waals surface area contributed by atoms with Crippen molar-refractivity contribution in [3.63, 3.8) is 0 Å². The van der Waals surface area contributed by atoms with E-state index in [1.807, 2.05) is 25.1 Å². The molecule has 0 aliphatic heterocycles. The van der Waals surface area contributed by atoms with Crippen LogP contribution in [0.15, 0.2) is 35.4 Å². The molecule has 76 valence electrons. The molecule has 2 rings (SSSR count). The van der Waals surface area contributed by atoms with Gasteiger partial charge in [0.05, 0.1) is 0 Å². The van der Waals surface area contributed by atoms with Crippen LogP contribution in [0.2, 0.25) is 0 Å². The van der Waals surface area contributed by atoms with Crippen LogP contribution in [-0.2, 0) is 0 Å². The molecule has 1 N–H and O–H groups in total. The van der Waals surface area contributed by atoms with Crippen molar-refractivity contribution in [1.82, 2.24) is 9.97 Å². The third-order valence-corrected chi connectivity index (χ3v) is 2.32. The van der Waals surface area contributed by atoms with Crippen LogP contribution in [0.1, 0.15) is 11.3 Å². The minimum Gasteiger partial charge on any atom is -0.328 e. The van der Waals surface area contributed by atoms with Crippen LogP contribution in [0.3, 0.4) is 0 Å². The maximum absolute atomic E-state index is 11.2. The number of nitrogens with zero attached hydrogens (tertiary/aromatic N) is 1. The van der Waals surface area contributed by atoms with Gasteiger partial charge in [-0.15, -0.1) is 0 Å². The summed E-state index contributed by atoms with van der Waals surface area (Å²) in [6, 6.07) is 5.81. The highest BCUT2D eigenvalue weighted by molar-refractivity contribution is 5.62. The van der Waals surface area contributed by atoms with Crippen LogP contribution in [0.25, 0.3) is 11.1 Å². The number of aryl methyl sites for hydroxylation is 2. The van der Waals surface area contributed by atoms with Crippen molar-refractivity contribution >= 4 is 0 Å². The Kier molecular flexibility index (Phi) is 2.37. The van der Waals surface area contributed by atoms with E-state index in [9.17, 15) is 4.79 Å². The lowest BCUT2D eigenvalue weighted by molar-refractivity contribution is 1.17. The van der Waals surface area contributed by atoms with Crippen molar-refractivity contribution in [1.29, 1.82) is 0 Å². The van der Waals surface area contributed by atoms with Crippen molar-refractivity contribution in [3.8, 4) is 11.1 Å². The fourth-order valence-electron chi connectivity index (χ4n) is 1.49. The van der Waals surface area contributed by atoms with E-state index in [0.717, 1.165) is 22.4 Å². The van der Waals surface area contributed by atoms with E-state index in [1.165, 1.54) is 0 Å². The lowest BCUT2D eigenvalue weighted by Crippen LogP contribution is -2.07. The molecule has 0 aliphatic rings. The summed E-state index contributed by atoms with van der Waals surface area (Å²) in [6.45, 7) is 3.75. The first-order valence-electron chi connectivity index (χ1n) is 4.79. The second-order valence-corrected chi connectivity index (χ2v) is 3.59. The Morgan fingerprint density at radius 1 is 1.20 bits per heavy atom. The monoisotopic (exact) mass is 200 g/mol. The molecule has 0 aliphatic carbocycles. The van der Waals surface area contributed by atoms with E-state index in [-0.39, 0.29) is 5.56 Å². The van der Waals surface area contributed by atoms with Crippen LogP contribution >= 0.6 is 0 Å². The van der Waals surface area contributed by atoms with Crippen LogP contribution < -0.4 is 5.56 Å². The number of aromatic amines is 1. The predicted molar refractivity (Wildman–Crippen MR) is 59.8 cm³/mol. The zero-order valence-corrected chi connectivity index (χ0v) is 8.74. The first-order valence-corrected chi connectivity index (χ1v) is 4.79. The molecular weight excluding hydrogens is 188 g/mol. The molecule has 0 amide bonds. The van der Waals surface area contributed by atoms with Gasteiger partial charge in [0.15, 0.2) is 0 Å². The highest BCUT2D eigenvalue weighted by atomic mass is 16.1. The van der Waals surface area contributed by atoms with Gasteiger partial charge in [0.25, 0.3) is 5.56 Å². The molecule has 0 radical (unpaired) electrons. The average molecular weight is 200 g/mol. The third kappa shape index (κ3) is 1.96. The van der Waals surface area contributed by atoms with Gasteiger partial charge in [0, 0.05) is 23.7 Å². The van der Waals surface area contributed by atoms with Crippen LogP contribution in [0.5, 0.6) is 0 Å². The quantitative estimate of drug-likeness (QED) is 0.765. The maximum Gasteiger partial charge on any atom is 0.250 e. The van der Waals surface area contributed by atoms with Gasteiger partial charge in [-0.1, -0.05) is 0 Å². The minimum atomic E-state index is -0.0375. The number of pyridine rings is 2. The molecular formula is C12H12N2O. The molecule has 2 heterocycles. The number of rotatable bonds is 1. The lowest BCUT2D eigenvalue weighted by atomic mass is 10.1. The SMILES string of the molecule is Cc1cc(-c2c[nH]c(=O)c(C)c2)ccn1. The van der Waals surface area contributed by atoms with Gasteiger partial charge in [-0.05, 0) is 43.2 Å². The smallest absolute Gasteiger partial charge is 0.250 e. The van der Waals surface area contributed by atoms with Gasteiger partial charge < -0.3 is 4.98 Å². The first kappa shape index (κ1) is 9.65. The number of aromatic nitrogens is 2. The fourth-order valence-corrected chi connectivity index (χ4v) is 1.49. The van der Waals surface area contributed by atoms with Crippen molar-refractivity contribution in [2.75, 3.05) is 0 Å². The summed E-state index contributed by atoms with van der Waals surface area (Å²) in [7, 11) is 0. The van der Waals surface area contributed by atoms with E-state index in [0.29, 0.717) is 0 Å². The number of hydrogen-bond acceptors (Lipinski definition) is 2. The second kappa shape index (κ2) is 3.69. The Balaban J connectivity index is 2.55. The number of hydrogen-bond donors (Lipinski definition) is 1. The lowest BCUT2D eigenvalue weighted by Gasteiger charge is -2.02. The molecule has 3 nitrogen and oxygen atoms in total. The van der Waals surface area contributed by atoms with E-state index in [2.05, 4.69) is 9.97 Å². The molecule has 0 spiro atoms. The zero-order valence-electron chi connectivity index (χ0n) is 8.74. The van der Waals surface area contributed by atoms with E-state index >= 15 is 0 Å². The normalized spacial score (nSPS) is 10.3. The fraction of sp³-hybridized carbons (Fsp3) is 0.167. The van der Waals surface area contributed by atoms with E-state index in [1.54, 1.807) is 19.3 Å². The largest absolute Gasteiger partial charge is 0.328 e. The van der Waals surface area contributed by atoms with Gasteiger partial charge in [-0.3, -0.25) is 9.78 Å². The summed E-state index contributed by atoms with van der Waals surface area (Å²) in [5.74, 6) is 0. The highest BCUT2D eigenvalue weighted by Gasteiger charge is 2.00. The zero-order chi connectivity index (χ0) is 10.8. The Labute approximate surface area is 87.8 Å². The molecule has 2 aromatic heterocycles. The summed E-state index contributed by atoms with van der Waals surface area (Å²) >= 11 is 0. The van der Waals surface area contributed by atoms with E-state index < -0.39 is 0 Å². The molecule has 15 heavy (non-hydrogen) atoms. The molecule has 0 saturated carbocycles. The molecule has 0 saturated heterocycles. The Morgan fingerprint density at radius 3 is 2.67 bits per heavy atom. The summed E-state index contributed by atoms with van der Waals surface area (Å²) < 4.78 is 0. The second-order valence-electron chi connectivity index (χ2n) is 3.59. The number of nitrogens with one attached hydrogen (secondary N) is 1. The molecule has 0 atom stereocenters. The Morgan fingerprint density at radius 2 is 2.00 bits per heavy atom. The van der Waals surface area contributed by atoms with Crippen molar-refractivity contribution < 1.29 is 0 Å². The first-order chi connectivity index (χ1) is 7.16. The summed E-state index contributed by atoms with van der Waals surface area (Å²) in [6.07, 6.45) is 3.50. The van der Waals surface area contributed by atoms with Crippen LogP contribution in [-0.4, -0.2) is 9.97 Å². The molecule has 2 aromatic rings. The van der Waals surface area contributed by atoms with Crippen molar-refractivity contribution in [2.24, 2.45) is 0 Å². The number of H-pyrrole nitrogens is 1. The Hall–Kier alpha value is -1.90.